The molecule has 230 valence electrons. The molecular formula is C29H33F4N7O3. The van der Waals surface area contributed by atoms with Gasteiger partial charge in [-0.1, -0.05) is 0 Å². The van der Waals surface area contributed by atoms with E-state index in [1.54, 1.807) is 0 Å². The Bertz CT molecular complexity index is 1530. The number of pyridine rings is 1. The molecule has 2 aromatic heterocycles. The molecule has 43 heavy (non-hydrogen) atoms. The monoisotopic (exact) mass is 603 g/mol. The van der Waals surface area contributed by atoms with Crippen LogP contribution in [0.15, 0.2) is 41.6 Å². The van der Waals surface area contributed by atoms with Crippen molar-refractivity contribution in [3.63, 3.8) is 0 Å². The van der Waals surface area contributed by atoms with E-state index < -0.39 is 34.6 Å². The van der Waals surface area contributed by atoms with Crippen LogP contribution in [0, 0.1) is 5.82 Å². The van der Waals surface area contributed by atoms with Gasteiger partial charge in [0.05, 0.1) is 35.2 Å². The second-order valence-electron chi connectivity index (χ2n) is 11.1. The first kappa shape index (κ1) is 30.4. The molecule has 0 aliphatic carbocycles. The minimum Gasteiger partial charge on any atom is -0.379 e. The maximum absolute atomic E-state index is 15.8. The maximum Gasteiger partial charge on any atom is 0.417 e. The second kappa shape index (κ2) is 11.9. The number of carbonyl (C=O) groups excluding carboxylic acids is 1. The Hall–Kier alpha value is -4.04. The highest BCUT2D eigenvalue weighted by Crippen LogP contribution is 2.37. The van der Waals surface area contributed by atoms with Crippen LogP contribution in [-0.2, 0) is 10.9 Å². The zero-order chi connectivity index (χ0) is 31.1. The predicted molar refractivity (Wildman–Crippen MR) is 154 cm³/mol. The summed E-state index contributed by atoms with van der Waals surface area (Å²) in [7, 11) is 3.83. The number of anilines is 3. The van der Waals surface area contributed by atoms with Crippen molar-refractivity contribution in [3.05, 3.63) is 64.1 Å². The minimum absolute atomic E-state index is 0.0604. The van der Waals surface area contributed by atoms with Gasteiger partial charge in [0.25, 0.3) is 5.91 Å². The number of nitrogens with zero attached hydrogens (tertiary/aromatic N) is 5. The summed E-state index contributed by atoms with van der Waals surface area (Å²) in [6.07, 6.45) is -0.473. The third kappa shape index (κ3) is 6.34. The number of hydrogen-bond donors (Lipinski definition) is 2. The summed E-state index contributed by atoms with van der Waals surface area (Å²) in [6, 6.07) is 3.25. The summed E-state index contributed by atoms with van der Waals surface area (Å²) < 4.78 is 62.4. The Morgan fingerprint density at radius 2 is 1.81 bits per heavy atom. The van der Waals surface area contributed by atoms with Gasteiger partial charge in [0.2, 0.25) is 11.5 Å². The van der Waals surface area contributed by atoms with Crippen LogP contribution in [0.4, 0.5) is 34.9 Å². The molecule has 0 spiro atoms. The normalized spacial score (nSPS) is 21.2. The van der Waals surface area contributed by atoms with E-state index >= 15 is 4.39 Å². The van der Waals surface area contributed by atoms with Crippen molar-refractivity contribution in [2.24, 2.45) is 0 Å². The van der Waals surface area contributed by atoms with E-state index in [0.29, 0.717) is 49.6 Å². The smallest absolute Gasteiger partial charge is 0.379 e. The van der Waals surface area contributed by atoms with Crippen LogP contribution >= 0.6 is 0 Å². The van der Waals surface area contributed by atoms with Crippen molar-refractivity contribution in [1.82, 2.24) is 19.9 Å². The van der Waals surface area contributed by atoms with Gasteiger partial charge in [-0.15, -0.1) is 0 Å². The Labute approximate surface area is 245 Å². The molecule has 5 rings (SSSR count). The molecule has 2 saturated heterocycles. The van der Waals surface area contributed by atoms with Gasteiger partial charge in [-0.25, -0.2) is 14.4 Å². The lowest BCUT2D eigenvalue weighted by Gasteiger charge is -2.44. The summed E-state index contributed by atoms with van der Waals surface area (Å²) in [5, 5.41) is 2.56. The van der Waals surface area contributed by atoms with Gasteiger partial charge in [-0.05, 0) is 39.4 Å². The van der Waals surface area contributed by atoms with Gasteiger partial charge in [-0.2, -0.15) is 13.2 Å². The lowest BCUT2D eigenvalue weighted by atomic mass is 10.0. The molecule has 14 heteroatoms. The van der Waals surface area contributed by atoms with E-state index in [0.717, 1.165) is 12.6 Å². The number of benzene rings is 1. The van der Waals surface area contributed by atoms with Crippen molar-refractivity contribution in [2.75, 3.05) is 55.5 Å². The molecule has 1 amide bonds. The number of halogens is 4. The molecule has 0 saturated carbocycles. The van der Waals surface area contributed by atoms with Gasteiger partial charge < -0.3 is 24.8 Å². The van der Waals surface area contributed by atoms with E-state index in [1.165, 1.54) is 24.5 Å². The number of ether oxygens (including phenoxy) is 1. The van der Waals surface area contributed by atoms with Crippen molar-refractivity contribution < 1.29 is 27.1 Å². The average molecular weight is 604 g/mol. The fourth-order valence-electron chi connectivity index (χ4n) is 5.46. The van der Waals surface area contributed by atoms with E-state index in [-0.39, 0.29) is 29.4 Å². The van der Waals surface area contributed by atoms with Crippen LogP contribution in [0.1, 0.15) is 36.2 Å². The largest absolute Gasteiger partial charge is 0.417 e. The van der Waals surface area contributed by atoms with E-state index in [9.17, 15) is 22.8 Å². The highest BCUT2D eigenvalue weighted by Gasteiger charge is 2.36. The number of piperazine rings is 1. The van der Waals surface area contributed by atoms with E-state index in [4.69, 9.17) is 4.74 Å². The van der Waals surface area contributed by atoms with Gasteiger partial charge in [0.1, 0.15) is 5.82 Å². The third-order valence-electron chi connectivity index (χ3n) is 8.23. The zero-order valence-electron chi connectivity index (χ0n) is 24.2. The lowest BCUT2D eigenvalue weighted by molar-refractivity contribution is -0.138. The highest BCUT2D eigenvalue weighted by molar-refractivity contribution is 6.07. The van der Waals surface area contributed by atoms with Crippen molar-refractivity contribution in [3.8, 4) is 11.1 Å². The number of aromatic nitrogens is 3. The molecule has 1 aromatic carbocycles. The van der Waals surface area contributed by atoms with Crippen molar-refractivity contribution >= 4 is 23.2 Å². The van der Waals surface area contributed by atoms with Crippen LogP contribution in [-0.4, -0.2) is 84.3 Å². The quantitative estimate of drug-likeness (QED) is 0.408. The summed E-state index contributed by atoms with van der Waals surface area (Å²) in [5.41, 5.74) is -2.34. The summed E-state index contributed by atoms with van der Waals surface area (Å²) in [4.78, 5) is 41.8. The van der Waals surface area contributed by atoms with E-state index in [1.807, 2.05) is 37.7 Å². The second-order valence-corrected chi connectivity index (χ2v) is 11.1. The molecular weight excluding hydrogens is 570 g/mol. The SMILES string of the molecule is C[C@H]1CN(c2cc(F)c(-c3cnc(N(C)[C@@H]4CCOC4)nc3)cc2NC(=O)c2c[nH]c(=O)cc2C(F)(F)F)C[C@H](C)N1C. The fraction of sp³-hybridized carbons (Fsp3) is 0.448. The number of amides is 1. The van der Waals surface area contributed by atoms with Crippen molar-refractivity contribution in [2.45, 2.75) is 44.6 Å². The Balaban J connectivity index is 1.54. The van der Waals surface area contributed by atoms with Crippen LogP contribution in [0.2, 0.25) is 0 Å². The molecule has 2 aliphatic rings. The number of rotatable bonds is 6. The first-order chi connectivity index (χ1) is 20.3. The summed E-state index contributed by atoms with van der Waals surface area (Å²) in [6.45, 7) is 6.20. The molecule has 0 bridgehead atoms. The number of H-pyrrole nitrogens is 1. The van der Waals surface area contributed by atoms with E-state index in [2.05, 4.69) is 25.2 Å². The predicted octanol–water partition coefficient (Wildman–Crippen LogP) is 4.00. The number of likely N-dealkylation sites (N-methyl/N-ethyl adjacent to an activating group) is 2. The van der Waals surface area contributed by atoms with Gasteiger partial charge >= 0.3 is 6.18 Å². The summed E-state index contributed by atoms with van der Waals surface area (Å²) in [5.74, 6) is -1.28. The Kier molecular flexibility index (Phi) is 8.43. The van der Waals surface area contributed by atoms with Crippen LogP contribution in [0.25, 0.3) is 11.1 Å². The zero-order valence-corrected chi connectivity index (χ0v) is 24.2. The Morgan fingerprint density at radius 3 is 2.42 bits per heavy atom. The highest BCUT2D eigenvalue weighted by atomic mass is 19.4. The Morgan fingerprint density at radius 1 is 1.14 bits per heavy atom. The van der Waals surface area contributed by atoms with Crippen LogP contribution in [0.5, 0.6) is 0 Å². The molecule has 3 atom stereocenters. The molecule has 4 heterocycles. The molecule has 10 nitrogen and oxygen atoms in total. The maximum atomic E-state index is 15.8. The first-order valence-corrected chi connectivity index (χ1v) is 13.9. The van der Waals surface area contributed by atoms with Gasteiger partial charge in [0.15, 0.2) is 0 Å². The number of aromatic amines is 1. The fourth-order valence-corrected chi connectivity index (χ4v) is 5.46. The van der Waals surface area contributed by atoms with Gasteiger partial charge in [-0.3, -0.25) is 14.5 Å². The standard InChI is InChI=1S/C29H33F4N7O3/c1-16-13-40(14-17(2)38(16)3)25-9-23(30)20(18-10-35-28(36-11-18)39(4)19-5-6-43-15-19)7-24(25)37-27(42)21-12-34-26(41)8-22(21)29(31,32)33/h7-12,16-17,19H,5-6,13-15H2,1-4H3,(H,34,41)(H,37,42)/t16-,17-,19+/m0/s1. The lowest BCUT2D eigenvalue weighted by Crippen LogP contribution is -2.55. The molecule has 2 fully saturated rings. The van der Waals surface area contributed by atoms with Crippen LogP contribution < -0.4 is 20.7 Å². The first-order valence-electron chi connectivity index (χ1n) is 13.9. The number of nitrogens with one attached hydrogen (secondary N) is 2. The average Bonchev–Trinajstić information content (AvgIpc) is 3.51. The topological polar surface area (TPSA) is 107 Å². The minimum atomic E-state index is -4.95. The molecule has 2 aliphatic heterocycles. The number of carbonyl (C=O) groups is 1. The van der Waals surface area contributed by atoms with Gasteiger partial charge in [0, 0.05) is 74.6 Å². The molecule has 0 radical (unpaired) electrons. The number of alkyl halides is 3. The third-order valence-corrected chi connectivity index (χ3v) is 8.23. The number of hydrogen-bond acceptors (Lipinski definition) is 8. The van der Waals surface area contributed by atoms with Crippen LogP contribution in [0.3, 0.4) is 0 Å². The molecule has 0 unspecified atom stereocenters. The molecule has 2 N–H and O–H groups in total. The molecule has 3 aromatic rings. The summed E-state index contributed by atoms with van der Waals surface area (Å²) >= 11 is 0. The van der Waals surface area contributed by atoms with Crippen molar-refractivity contribution in [1.29, 1.82) is 0 Å².